The van der Waals surface area contributed by atoms with E-state index < -0.39 is 0 Å². The molecule has 0 spiro atoms. The third-order valence-corrected chi connectivity index (χ3v) is 3.41. The number of carbonyl (C=O) groups is 1. The molecule has 1 amide bonds. The Labute approximate surface area is 112 Å². The molecule has 96 valence electrons. The van der Waals surface area contributed by atoms with E-state index in [9.17, 15) is 4.79 Å². The lowest BCUT2D eigenvalue weighted by molar-refractivity contribution is -0.117. The Balaban J connectivity index is 2.02. The number of nitrogens with zero attached hydrogens (tertiary/aromatic N) is 3. The van der Waals surface area contributed by atoms with Gasteiger partial charge in [0.15, 0.2) is 0 Å². The van der Waals surface area contributed by atoms with Gasteiger partial charge in [0.05, 0.1) is 11.4 Å². The monoisotopic (exact) mass is 253 g/mol. The molecule has 1 atom stereocenters. The number of hydrogen-bond acceptors (Lipinski definition) is 2. The fourth-order valence-electron chi connectivity index (χ4n) is 2.42. The molecule has 1 aliphatic rings. The van der Waals surface area contributed by atoms with Gasteiger partial charge in [-0.2, -0.15) is 5.10 Å². The summed E-state index contributed by atoms with van der Waals surface area (Å²) in [4.78, 5) is 13.9. The molecule has 3 rings (SSSR count). The van der Waals surface area contributed by atoms with E-state index in [2.05, 4.69) is 11.7 Å². The first-order chi connectivity index (χ1) is 9.29. The summed E-state index contributed by atoms with van der Waals surface area (Å²) in [5, 5.41) is 4.24. The smallest absolute Gasteiger partial charge is 0.227 e. The summed E-state index contributed by atoms with van der Waals surface area (Å²) in [5.74, 6) is 0.377. The number of para-hydroxylation sites is 2. The Morgan fingerprint density at radius 3 is 2.68 bits per heavy atom. The summed E-state index contributed by atoms with van der Waals surface area (Å²) in [6.45, 7) is 4.48. The van der Waals surface area contributed by atoms with E-state index in [1.807, 2.05) is 47.5 Å². The molecule has 2 aromatic rings. The molecule has 1 unspecified atom stereocenters. The van der Waals surface area contributed by atoms with Crippen molar-refractivity contribution in [3.63, 3.8) is 0 Å². The zero-order valence-electron chi connectivity index (χ0n) is 10.6. The van der Waals surface area contributed by atoms with Crippen LogP contribution in [0.5, 0.6) is 0 Å². The van der Waals surface area contributed by atoms with E-state index in [1.165, 1.54) is 0 Å². The third-order valence-electron chi connectivity index (χ3n) is 3.41. The Bertz CT molecular complexity index is 604. The van der Waals surface area contributed by atoms with Crippen LogP contribution in [0.25, 0.3) is 5.69 Å². The minimum absolute atomic E-state index is 0.143. The van der Waals surface area contributed by atoms with Crippen molar-refractivity contribution in [2.24, 2.45) is 5.92 Å². The number of rotatable bonds is 3. The Morgan fingerprint density at radius 2 is 2.05 bits per heavy atom. The van der Waals surface area contributed by atoms with Crippen molar-refractivity contribution in [3.05, 3.63) is 55.4 Å². The number of aromatic nitrogens is 2. The maximum atomic E-state index is 12.1. The van der Waals surface area contributed by atoms with E-state index >= 15 is 0 Å². The van der Waals surface area contributed by atoms with Gasteiger partial charge in [0.1, 0.15) is 0 Å². The van der Waals surface area contributed by atoms with E-state index in [4.69, 9.17) is 0 Å². The second kappa shape index (κ2) is 4.72. The average molecular weight is 253 g/mol. The highest BCUT2D eigenvalue weighted by molar-refractivity contribution is 5.97. The zero-order chi connectivity index (χ0) is 13.2. The molecule has 0 radical (unpaired) electrons. The molecule has 1 fully saturated rings. The van der Waals surface area contributed by atoms with E-state index in [1.54, 1.807) is 10.9 Å². The molecule has 19 heavy (non-hydrogen) atoms. The average Bonchev–Trinajstić information content (AvgIpc) is 3.08. The summed E-state index contributed by atoms with van der Waals surface area (Å²) >= 11 is 0. The van der Waals surface area contributed by atoms with Crippen molar-refractivity contribution in [2.75, 3.05) is 11.4 Å². The summed E-state index contributed by atoms with van der Waals surface area (Å²) in [6, 6.07) is 9.69. The minimum Gasteiger partial charge on any atom is -0.310 e. The SMILES string of the molecule is C=CC1CC(=O)N(c2ccccc2-n2cccn2)C1. The Morgan fingerprint density at radius 1 is 1.26 bits per heavy atom. The van der Waals surface area contributed by atoms with Crippen molar-refractivity contribution in [3.8, 4) is 5.69 Å². The van der Waals surface area contributed by atoms with Gasteiger partial charge in [-0.1, -0.05) is 18.2 Å². The van der Waals surface area contributed by atoms with Crippen molar-refractivity contribution >= 4 is 11.6 Å². The van der Waals surface area contributed by atoms with Gasteiger partial charge in [-0.3, -0.25) is 4.79 Å². The number of benzene rings is 1. The highest BCUT2D eigenvalue weighted by Gasteiger charge is 2.30. The lowest BCUT2D eigenvalue weighted by Crippen LogP contribution is -2.25. The highest BCUT2D eigenvalue weighted by Crippen LogP contribution is 2.30. The van der Waals surface area contributed by atoms with Gasteiger partial charge >= 0.3 is 0 Å². The Kier molecular flexibility index (Phi) is 2.91. The molecule has 1 aliphatic heterocycles. The quantitative estimate of drug-likeness (QED) is 0.788. The van der Waals surface area contributed by atoms with Gasteiger partial charge in [-0.05, 0) is 18.2 Å². The van der Waals surface area contributed by atoms with E-state index in [0.717, 1.165) is 11.4 Å². The van der Waals surface area contributed by atoms with Gasteiger partial charge in [0, 0.05) is 31.3 Å². The fourth-order valence-corrected chi connectivity index (χ4v) is 2.42. The standard InChI is InChI=1S/C15H15N3O/c1-2-12-10-15(19)17(11-12)13-6-3-4-7-14(13)18-9-5-8-16-18/h2-9,12H,1,10-11H2. The van der Waals surface area contributed by atoms with Crippen LogP contribution in [0.4, 0.5) is 5.69 Å². The molecule has 1 saturated heterocycles. The van der Waals surface area contributed by atoms with Crippen LogP contribution in [0.15, 0.2) is 55.4 Å². The summed E-state index contributed by atoms with van der Waals surface area (Å²) in [6.07, 6.45) is 6.00. The summed E-state index contributed by atoms with van der Waals surface area (Å²) < 4.78 is 1.78. The molecule has 1 aromatic heterocycles. The van der Waals surface area contributed by atoms with Crippen molar-refractivity contribution in [1.29, 1.82) is 0 Å². The summed E-state index contributed by atoms with van der Waals surface area (Å²) in [5.41, 5.74) is 1.83. The number of hydrogen-bond donors (Lipinski definition) is 0. The van der Waals surface area contributed by atoms with Crippen LogP contribution in [-0.4, -0.2) is 22.2 Å². The van der Waals surface area contributed by atoms with Crippen molar-refractivity contribution in [1.82, 2.24) is 9.78 Å². The topological polar surface area (TPSA) is 38.1 Å². The zero-order valence-corrected chi connectivity index (χ0v) is 10.6. The number of carbonyl (C=O) groups excluding carboxylic acids is 1. The predicted octanol–water partition coefficient (Wildman–Crippen LogP) is 2.41. The van der Waals surface area contributed by atoms with Crippen LogP contribution < -0.4 is 4.90 Å². The molecule has 4 nitrogen and oxygen atoms in total. The molecular weight excluding hydrogens is 238 g/mol. The first kappa shape index (κ1) is 11.7. The minimum atomic E-state index is 0.143. The van der Waals surface area contributed by atoms with Crippen LogP contribution in [0.1, 0.15) is 6.42 Å². The first-order valence-corrected chi connectivity index (χ1v) is 6.31. The summed E-state index contributed by atoms with van der Waals surface area (Å²) in [7, 11) is 0. The van der Waals surface area contributed by atoms with E-state index in [0.29, 0.717) is 13.0 Å². The predicted molar refractivity (Wildman–Crippen MR) is 74.2 cm³/mol. The van der Waals surface area contributed by atoms with Crippen LogP contribution >= 0.6 is 0 Å². The highest BCUT2D eigenvalue weighted by atomic mass is 16.2. The number of amides is 1. The molecule has 1 aromatic carbocycles. The third kappa shape index (κ3) is 2.05. The van der Waals surface area contributed by atoms with E-state index in [-0.39, 0.29) is 11.8 Å². The van der Waals surface area contributed by atoms with Crippen LogP contribution in [0.3, 0.4) is 0 Å². The molecule has 0 N–H and O–H groups in total. The maximum absolute atomic E-state index is 12.1. The normalized spacial score (nSPS) is 18.8. The van der Waals surface area contributed by atoms with Crippen LogP contribution in [0, 0.1) is 5.92 Å². The molecule has 2 heterocycles. The maximum Gasteiger partial charge on any atom is 0.227 e. The van der Waals surface area contributed by atoms with Crippen LogP contribution in [0.2, 0.25) is 0 Å². The van der Waals surface area contributed by atoms with Crippen molar-refractivity contribution in [2.45, 2.75) is 6.42 Å². The lowest BCUT2D eigenvalue weighted by atomic mass is 10.1. The van der Waals surface area contributed by atoms with Gasteiger partial charge in [0.2, 0.25) is 5.91 Å². The number of anilines is 1. The molecule has 0 aliphatic carbocycles. The largest absolute Gasteiger partial charge is 0.310 e. The van der Waals surface area contributed by atoms with Gasteiger partial charge < -0.3 is 4.90 Å². The lowest BCUT2D eigenvalue weighted by Gasteiger charge is -2.19. The fraction of sp³-hybridized carbons (Fsp3) is 0.200. The molecule has 4 heteroatoms. The first-order valence-electron chi connectivity index (χ1n) is 6.31. The molecule has 0 bridgehead atoms. The molecule has 0 saturated carbocycles. The second-order valence-electron chi connectivity index (χ2n) is 4.64. The Hall–Kier alpha value is -2.36. The van der Waals surface area contributed by atoms with Gasteiger partial charge in [0.25, 0.3) is 0 Å². The molecular formula is C15H15N3O. The second-order valence-corrected chi connectivity index (χ2v) is 4.64. The van der Waals surface area contributed by atoms with Crippen molar-refractivity contribution < 1.29 is 4.79 Å². The van der Waals surface area contributed by atoms with Crippen LogP contribution in [-0.2, 0) is 4.79 Å². The van der Waals surface area contributed by atoms with Gasteiger partial charge in [-0.15, -0.1) is 6.58 Å². The van der Waals surface area contributed by atoms with Gasteiger partial charge in [-0.25, -0.2) is 4.68 Å².